The van der Waals surface area contributed by atoms with Gasteiger partial charge in [-0.25, -0.2) is 0 Å². The van der Waals surface area contributed by atoms with E-state index in [1.807, 2.05) is 0 Å². The van der Waals surface area contributed by atoms with Crippen LogP contribution in [0.5, 0.6) is 0 Å². The van der Waals surface area contributed by atoms with Gasteiger partial charge in [0, 0.05) is 6.54 Å². The van der Waals surface area contributed by atoms with Gasteiger partial charge in [0.1, 0.15) is 6.04 Å². The van der Waals surface area contributed by atoms with E-state index in [2.05, 4.69) is 5.18 Å². The van der Waals surface area contributed by atoms with E-state index >= 15 is 0 Å². The third-order valence-electron chi connectivity index (χ3n) is 0.921. The zero-order chi connectivity index (χ0) is 6.41. The van der Waals surface area contributed by atoms with Crippen molar-refractivity contribution in [2.24, 2.45) is 16.6 Å². The van der Waals surface area contributed by atoms with Crippen molar-refractivity contribution in [3.05, 3.63) is 4.91 Å². The third-order valence-corrected chi connectivity index (χ3v) is 0.921. The van der Waals surface area contributed by atoms with Crippen LogP contribution in [0.4, 0.5) is 0 Å². The van der Waals surface area contributed by atoms with E-state index in [0.29, 0.717) is 19.5 Å². The van der Waals surface area contributed by atoms with E-state index in [4.69, 9.17) is 11.5 Å². The zero-order valence-electron chi connectivity index (χ0n) is 4.71. The molecule has 4 heteroatoms. The molecular formula is C4H11N3O. The lowest BCUT2D eigenvalue weighted by Crippen LogP contribution is -2.20. The fraction of sp³-hybridized carbons (Fsp3) is 1.00. The summed E-state index contributed by atoms with van der Waals surface area (Å²) < 4.78 is 0. The molecule has 0 aromatic carbocycles. The quantitative estimate of drug-likeness (QED) is 0.484. The van der Waals surface area contributed by atoms with Crippen molar-refractivity contribution < 1.29 is 0 Å². The van der Waals surface area contributed by atoms with Gasteiger partial charge in [-0.05, 0) is 13.0 Å². The summed E-state index contributed by atoms with van der Waals surface area (Å²) in [5.74, 6) is 0. The van der Waals surface area contributed by atoms with Crippen molar-refractivity contribution in [1.82, 2.24) is 0 Å². The molecule has 0 spiro atoms. The van der Waals surface area contributed by atoms with E-state index in [9.17, 15) is 4.91 Å². The minimum absolute atomic E-state index is 0.278. The predicted molar refractivity (Wildman–Crippen MR) is 32.3 cm³/mol. The summed E-state index contributed by atoms with van der Waals surface area (Å²) >= 11 is 0. The molecule has 0 bridgehead atoms. The van der Waals surface area contributed by atoms with Crippen LogP contribution in [-0.4, -0.2) is 19.1 Å². The molecule has 48 valence electrons. The van der Waals surface area contributed by atoms with Crippen molar-refractivity contribution in [3.8, 4) is 0 Å². The lowest BCUT2D eigenvalue weighted by atomic mass is 10.2. The van der Waals surface area contributed by atoms with Gasteiger partial charge in [-0.15, -0.1) is 0 Å². The average Bonchev–Trinajstić information content (AvgIpc) is 1.83. The van der Waals surface area contributed by atoms with Crippen LogP contribution in [0.3, 0.4) is 0 Å². The maximum absolute atomic E-state index is 9.74. The van der Waals surface area contributed by atoms with Gasteiger partial charge in [0.05, 0.1) is 0 Å². The van der Waals surface area contributed by atoms with Crippen LogP contribution in [0, 0.1) is 4.91 Å². The predicted octanol–water partition coefficient (Wildman–Crippen LogP) is -0.571. The summed E-state index contributed by atoms with van der Waals surface area (Å²) in [6, 6.07) is -0.278. The molecule has 4 nitrogen and oxygen atoms in total. The van der Waals surface area contributed by atoms with Crippen LogP contribution in [0.1, 0.15) is 6.42 Å². The van der Waals surface area contributed by atoms with Gasteiger partial charge in [0.2, 0.25) is 0 Å². The summed E-state index contributed by atoms with van der Waals surface area (Å²) in [5.41, 5.74) is 10.2. The molecule has 0 aliphatic rings. The van der Waals surface area contributed by atoms with Gasteiger partial charge in [-0.1, -0.05) is 5.18 Å². The maximum Gasteiger partial charge on any atom is 0.105 e. The molecule has 0 radical (unpaired) electrons. The Labute approximate surface area is 48.2 Å². The molecule has 0 saturated heterocycles. The minimum Gasteiger partial charge on any atom is -0.330 e. The summed E-state index contributed by atoms with van der Waals surface area (Å²) in [5, 5.41) is 2.74. The second kappa shape index (κ2) is 4.67. The Hall–Kier alpha value is -0.480. The van der Waals surface area contributed by atoms with Crippen molar-refractivity contribution in [2.45, 2.75) is 12.5 Å². The van der Waals surface area contributed by atoms with E-state index in [1.165, 1.54) is 0 Å². The second-order valence-electron chi connectivity index (χ2n) is 1.57. The van der Waals surface area contributed by atoms with Crippen LogP contribution in [0.25, 0.3) is 0 Å². The molecule has 0 aliphatic heterocycles. The van der Waals surface area contributed by atoms with E-state index in [0.717, 1.165) is 0 Å². The molecule has 0 aromatic rings. The SMILES string of the molecule is NCCC(CN)N=O. The van der Waals surface area contributed by atoms with E-state index < -0.39 is 0 Å². The maximum atomic E-state index is 9.74. The normalized spacial score (nSPS) is 13.2. The molecule has 0 heterocycles. The van der Waals surface area contributed by atoms with Crippen molar-refractivity contribution in [3.63, 3.8) is 0 Å². The molecule has 0 aliphatic carbocycles. The first kappa shape index (κ1) is 7.52. The molecule has 0 fully saturated rings. The molecule has 8 heavy (non-hydrogen) atoms. The summed E-state index contributed by atoms with van der Waals surface area (Å²) in [6.07, 6.45) is 0.597. The molecular weight excluding hydrogens is 106 g/mol. The largest absolute Gasteiger partial charge is 0.330 e. The van der Waals surface area contributed by atoms with Crippen molar-refractivity contribution >= 4 is 0 Å². The Morgan fingerprint density at radius 1 is 1.50 bits per heavy atom. The summed E-state index contributed by atoms with van der Waals surface area (Å²) in [4.78, 5) is 9.74. The monoisotopic (exact) mass is 117 g/mol. The van der Waals surface area contributed by atoms with Gasteiger partial charge in [0.25, 0.3) is 0 Å². The molecule has 1 unspecified atom stereocenters. The molecule has 0 rings (SSSR count). The highest BCUT2D eigenvalue weighted by molar-refractivity contribution is 4.65. The topological polar surface area (TPSA) is 81.5 Å². The highest BCUT2D eigenvalue weighted by atomic mass is 16.3. The number of rotatable bonds is 4. The fourth-order valence-corrected chi connectivity index (χ4v) is 0.406. The third kappa shape index (κ3) is 2.65. The van der Waals surface area contributed by atoms with Crippen LogP contribution >= 0.6 is 0 Å². The lowest BCUT2D eigenvalue weighted by Gasteiger charge is -1.99. The summed E-state index contributed by atoms with van der Waals surface area (Å²) in [6.45, 7) is 0.786. The number of nitrogens with two attached hydrogens (primary N) is 2. The van der Waals surface area contributed by atoms with Crippen LogP contribution < -0.4 is 11.5 Å². The number of nitrogens with zero attached hydrogens (tertiary/aromatic N) is 1. The van der Waals surface area contributed by atoms with Gasteiger partial charge in [-0.2, -0.15) is 4.91 Å². The standard InChI is InChI=1S/C4H11N3O/c5-2-1-4(3-6)7-8/h4H,1-3,5-6H2. The Bertz CT molecular complexity index is 66.3. The summed E-state index contributed by atoms with van der Waals surface area (Å²) in [7, 11) is 0. The first-order valence-corrected chi connectivity index (χ1v) is 2.57. The van der Waals surface area contributed by atoms with Crippen LogP contribution in [0.2, 0.25) is 0 Å². The Balaban J connectivity index is 3.21. The number of hydrogen-bond acceptors (Lipinski definition) is 4. The van der Waals surface area contributed by atoms with Gasteiger partial charge in [0.15, 0.2) is 0 Å². The highest BCUT2D eigenvalue weighted by Gasteiger charge is 2.01. The smallest absolute Gasteiger partial charge is 0.105 e. The number of nitroso groups, excluding NO2 is 1. The zero-order valence-corrected chi connectivity index (χ0v) is 4.71. The Morgan fingerprint density at radius 2 is 2.12 bits per heavy atom. The van der Waals surface area contributed by atoms with E-state index in [1.54, 1.807) is 0 Å². The average molecular weight is 117 g/mol. The van der Waals surface area contributed by atoms with Gasteiger partial charge in [-0.3, -0.25) is 0 Å². The first-order chi connectivity index (χ1) is 3.85. The van der Waals surface area contributed by atoms with Gasteiger partial charge >= 0.3 is 0 Å². The van der Waals surface area contributed by atoms with Crippen LogP contribution in [0.15, 0.2) is 5.18 Å². The lowest BCUT2D eigenvalue weighted by molar-refractivity contribution is 0.629. The van der Waals surface area contributed by atoms with Crippen molar-refractivity contribution in [2.75, 3.05) is 13.1 Å². The number of hydrogen-bond donors (Lipinski definition) is 2. The van der Waals surface area contributed by atoms with Crippen LogP contribution in [-0.2, 0) is 0 Å². The Kier molecular flexibility index (Phi) is 4.39. The molecule has 1 atom stereocenters. The highest BCUT2D eigenvalue weighted by Crippen LogP contribution is 1.90. The molecule has 0 aromatic heterocycles. The second-order valence-corrected chi connectivity index (χ2v) is 1.57. The molecule has 0 saturated carbocycles. The fourth-order valence-electron chi connectivity index (χ4n) is 0.406. The first-order valence-electron chi connectivity index (χ1n) is 2.57. The molecule has 0 amide bonds. The minimum atomic E-state index is -0.278. The molecule has 4 N–H and O–H groups in total. The van der Waals surface area contributed by atoms with Gasteiger partial charge < -0.3 is 11.5 Å². The van der Waals surface area contributed by atoms with Crippen molar-refractivity contribution in [1.29, 1.82) is 0 Å². The van der Waals surface area contributed by atoms with E-state index in [-0.39, 0.29) is 6.04 Å². The Morgan fingerprint density at radius 3 is 2.25 bits per heavy atom.